The van der Waals surface area contributed by atoms with Gasteiger partial charge in [0.05, 0.1) is 22.6 Å². The van der Waals surface area contributed by atoms with E-state index in [1.165, 1.54) is 18.4 Å². The Morgan fingerprint density at radius 1 is 1.06 bits per heavy atom. The normalized spacial score (nSPS) is 12.1. The molecule has 2 aromatic heterocycles. The Balaban J connectivity index is 1.75. The van der Waals surface area contributed by atoms with Crippen LogP contribution in [0, 0.1) is 0 Å². The van der Waals surface area contributed by atoms with Crippen LogP contribution in [0.25, 0.3) is 11.5 Å². The second-order valence-corrected chi connectivity index (χ2v) is 7.27. The Bertz CT molecular complexity index is 1090. The highest BCUT2D eigenvalue weighted by Gasteiger charge is 2.35. The molecule has 1 aromatic carbocycles. The number of aromatic nitrogens is 2. The van der Waals surface area contributed by atoms with Gasteiger partial charge in [0.25, 0.3) is 0 Å². The van der Waals surface area contributed by atoms with Gasteiger partial charge in [-0.3, -0.25) is 4.79 Å². The fourth-order valence-electron chi connectivity index (χ4n) is 2.33. The maximum absolute atomic E-state index is 13.1. The van der Waals surface area contributed by atoms with Gasteiger partial charge in [-0.2, -0.15) is 26.3 Å². The molecule has 0 atom stereocenters. The number of thioether (sulfide) groups is 1. The van der Waals surface area contributed by atoms with Crippen molar-refractivity contribution in [3.63, 3.8) is 0 Å². The maximum atomic E-state index is 13.1. The Labute approximate surface area is 179 Å². The van der Waals surface area contributed by atoms with Crippen molar-refractivity contribution in [2.24, 2.45) is 0 Å². The first kappa shape index (κ1) is 22.9. The first-order valence-electron chi connectivity index (χ1n) is 8.23. The predicted molar refractivity (Wildman–Crippen MR) is 101 cm³/mol. The zero-order chi connectivity index (χ0) is 22.8. The van der Waals surface area contributed by atoms with Crippen molar-refractivity contribution in [1.29, 1.82) is 0 Å². The lowest BCUT2D eigenvalue weighted by atomic mass is 10.2. The third-order valence-electron chi connectivity index (χ3n) is 3.66. The molecule has 5 nitrogen and oxygen atoms in total. The average Bonchev–Trinajstić information content (AvgIpc) is 3.21. The van der Waals surface area contributed by atoms with Crippen LogP contribution in [0.3, 0.4) is 0 Å². The van der Waals surface area contributed by atoms with Crippen LogP contribution >= 0.6 is 23.4 Å². The highest BCUT2D eigenvalue weighted by Crippen LogP contribution is 2.36. The lowest BCUT2D eigenvalue weighted by molar-refractivity contribution is -0.141. The van der Waals surface area contributed by atoms with Crippen molar-refractivity contribution in [1.82, 2.24) is 9.97 Å². The third kappa shape index (κ3) is 5.91. The average molecular weight is 482 g/mol. The maximum Gasteiger partial charge on any atom is 0.433 e. The quantitative estimate of drug-likeness (QED) is 0.268. The fraction of sp³-hybridized carbons (Fsp3) is 0.167. The van der Waals surface area contributed by atoms with E-state index in [0.717, 1.165) is 12.1 Å². The Hall–Kier alpha value is -2.73. The summed E-state index contributed by atoms with van der Waals surface area (Å²) >= 11 is 6.09. The largest absolute Gasteiger partial charge is 0.463 e. The molecule has 0 bridgehead atoms. The van der Waals surface area contributed by atoms with Gasteiger partial charge in [-0.15, -0.1) is 0 Å². The van der Waals surface area contributed by atoms with Gasteiger partial charge in [0.2, 0.25) is 5.91 Å². The first-order valence-corrected chi connectivity index (χ1v) is 9.59. The van der Waals surface area contributed by atoms with Crippen molar-refractivity contribution in [2.75, 3.05) is 11.1 Å². The molecule has 31 heavy (non-hydrogen) atoms. The molecule has 0 aliphatic heterocycles. The van der Waals surface area contributed by atoms with Crippen LogP contribution in [0.2, 0.25) is 5.02 Å². The smallest absolute Gasteiger partial charge is 0.433 e. The van der Waals surface area contributed by atoms with Crippen molar-refractivity contribution < 1.29 is 35.6 Å². The van der Waals surface area contributed by atoms with Crippen LogP contribution in [0.1, 0.15) is 11.3 Å². The molecule has 3 aromatic rings. The van der Waals surface area contributed by atoms with Crippen LogP contribution in [0.15, 0.2) is 52.2 Å². The van der Waals surface area contributed by atoms with Crippen LogP contribution in [0.4, 0.5) is 32.0 Å². The minimum atomic E-state index is -4.76. The SMILES string of the molecule is O=C(CSc1nc(-c2ccco2)cc(C(F)(F)F)n1)Nc1ccc(Cl)c(C(F)(F)F)c1. The number of anilines is 1. The van der Waals surface area contributed by atoms with E-state index in [-0.39, 0.29) is 22.3 Å². The van der Waals surface area contributed by atoms with E-state index in [0.29, 0.717) is 23.9 Å². The molecule has 0 spiro atoms. The van der Waals surface area contributed by atoms with Crippen LogP contribution in [0.5, 0.6) is 0 Å². The van der Waals surface area contributed by atoms with Gasteiger partial charge in [0, 0.05) is 5.69 Å². The molecular formula is C18H10ClF6N3O2S. The number of rotatable bonds is 5. The molecule has 1 N–H and O–H groups in total. The second-order valence-electron chi connectivity index (χ2n) is 5.93. The number of amides is 1. The van der Waals surface area contributed by atoms with Crippen molar-refractivity contribution in [3.8, 4) is 11.5 Å². The highest BCUT2D eigenvalue weighted by molar-refractivity contribution is 7.99. The summed E-state index contributed by atoms with van der Waals surface area (Å²) in [5, 5.41) is 1.33. The molecular weight excluding hydrogens is 472 g/mol. The number of benzene rings is 1. The van der Waals surface area contributed by atoms with Crippen LogP contribution in [-0.4, -0.2) is 21.6 Å². The number of halogens is 7. The van der Waals surface area contributed by atoms with E-state index < -0.39 is 40.3 Å². The summed E-state index contributed by atoms with van der Waals surface area (Å²) in [6.07, 6.45) is -8.23. The van der Waals surface area contributed by atoms with E-state index in [1.807, 2.05) is 0 Å². The molecule has 3 rings (SSSR count). The lowest BCUT2D eigenvalue weighted by Crippen LogP contribution is -2.16. The van der Waals surface area contributed by atoms with E-state index in [1.54, 1.807) is 0 Å². The molecule has 0 fully saturated rings. The van der Waals surface area contributed by atoms with Gasteiger partial charge in [0.1, 0.15) is 11.4 Å². The van der Waals surface area contributed by atoms with Gasteiger partial charge in [-0.25, -0.2) is 9.97 Å². The van der Waals surface area contributed by atoms with E-state index >= 15 is 0 Å². The van der Waals surface area contributed by atoms with E-state index in [9.17, 15) is 31.1 Å². The van der Waals surface area contributed by atoms with Gasteiger partial charge in [-0.1, -0.05) is 23.4 Å². The Morgan fingerprint density at radius 2 is 1.81 bits per heavy atom. The number of hydrogen-bond donors (Lipinski definition) is 1. The van der Waals surface area contributed by atoms with Crippen LogP contribution < -0.4 is 5.32 Å². The first-order chi connectivity index (χ1) is 14.4. The molecule has 0 saturated heterocycles. The van der Waals surface area contributed by atoms with E-state index in [4.69, 9.17) is 16.0 Å². The standard InChI is InChI=1S/C18H10ClF6N3O2S/c19-11-4-3-9(6-10(11)17(20,21)22)26-15(29)8-31-16-27-12(13-2-1-5-30-13)7-14(28-16)18(23,24)25/h1-7H,8H2,(H,26,29). The summed E-state index contributed by atoms with van der Waals surface area (Å²) in [7, 11) is 0. The van der Waals surface area contributed by atoms with Crippen molar-refractivity contribution in [2.45, 2.75) is 17.5 Å². The van der Waals surface area contributed by atoms with Gasteiger partial charge in [0.15, 0.2) is 10.9 Å². The number of nitrogens with one attached hydrogen (secondary N) is 1. The van der Waals surface area contributed by atoms with E-state index in [2.05, 4.69) is 15.3 Å². The molecule has 0 saturated carbocycles. The van der Waals surface area contributed by atoms with Crippen LogP contribution in [-0.2, 0) is 17.1 Å². The zero-order valence-corrected chi connectivity index (χ0v) is 16.6. The monoisotopic (exact) mass is 481 g/mol. The molecule has 1 amide bonds. The molecule has 0 unspecified atom stereocenters. The molecule has 0 aliphatic carbocycles. The van der Waals surface area contributed by atoms with Gasteiger partial charge >= 0.3 is 12.4 Å². The number of carbonyl (C=O) groups excluding carboxylic acids is 1. The fourth-order valence-corrected chi connectivity index (χ4v) is 3.22. The van der Waals surface area contributed by atoms with Crippen molar-refractivity contribution >= 4 is 35.0 Å². The summed E-state index contributed by atoms with van der Waals surface area (Å²) in [6, 6.07) is 6.36. The topological polar surface area (TPSA) is 68.0 Å². The number of hydrogen-bond acceptors (Lipinski definition) is 5. The summed E-state index contributed by atoms with van der Waals surface area (Å²) in [4.78, 5) is 19.4. The summed E-state index contributed by atoms with van der Waals surface area (Å²) in [6.45, 7) is 0. The van der Waals surface area contributed by atoms with Gasteiger partial charge in [-0.05, 0) is 36.4 Å². The Kier molecular flexibility index (Phi) is 6.51. The zero-order valence-electron chi connectivity index (χ0n) is 15.0. The minimum Gasteiger partial charge on any atom is -0.463 e. The lowest BCUT2D eigenvalue weighted by Gasteiger charge is -2.12. The third-order valence-corrected chi connectivity index (χ3v) is 4.83. The molecule has 164 valence electrons. The number of carbonyl (C=O) groups is 1. The summed E-state index contributed by atoms with van der Waals surface area (Å²) in [5.41, 5.74) is -2.68. The highest BCUT2D eigenvalue weighted by atomic mass is 35.5. The van der Waals surface area contributed by atoms with Gasteiger partial charge < -0.3 is 9.73 Å². The number of nitrogens with zero attached hydrogens (tertiary/aromatic N) is 2. The Morgan fingerprint density at radius 3 is 2.42 bits per heavy atom. The summed E-state index contributed by atoms with van der Waals surface area (Å²) < 4.78 is 83.2. The predicted octanol–water partition coefficient (Wildman–Crippen LogP) is 6.16. The molecule has 0 aliphatic rings. The molecule has 2 heterocycles. The molecule has 0 radical (unpaired) electrons. The minimum absolute atomic E-state index is 0.0695. The second kappa shape index (κ2) is 8.79. The summed E-state index contributed by atoms with van der Waals surface area (Å²) in [5.74, 6) is -1.16. The number of furan rings is 1. The molecule has 13 heteroatoms. The number of alkyl halides is 6. The van der Waals surface area contributed by atoms with Crippen molar-refractivity contribution in [3.05, 3.63) is 58.9 Å².